The van der Waals surface area contributed by atoms with Gasteiger partial charge >= 0.3 is 0 Å². The predicted molar refractivity (Wildman–Crippen MR) is 94.6 cm³/mol. The number of hydrogen-bond acceptors (Lipinski definition) is 4. The summed E-state index contributed by atoms with van der Waals surface area (Å²) in [5, 5.41) is 15.5. The van der Waals surface area contributed by atoms with E-state index in [-0.39, 0.29) is 11.9 Å². The number of ether oxygens (including phenoxy) is 1. The van der Waals surface area contributed by atoms with E-state index in [4.69, 9.17) is 4.74 Å². The normalized spacial score (nSPS) is 19.7. The van der Waals surface area contributed by atoms with Crippen molar-refractivity contribution in [1.82, 2.24) is 14.7 Å². The molecule has 2 aromatic rings. The highest BCUT2D eigenvalue weighted by Crippen LogP contribution is 2.36. The van der Waals surface area contributed by atoms with Crippen LogP contribution in [-0.4, -0.2) is 45.4 Å². The van der Waals surface area contributed by atoms with Gasteiger partial charge in [0.15, 0.2) is 0 Å². The molecule has 1 aromatic carbocycles. The summed E-state index contributed by atoms with van der Waals surface area (Å²) >= 11 is 0. The average molecular weight is 343 g/mol. The quantitative estimate of drug-likeness (QED) is 0.924. The smallest absolute Gasteiger partial charge is 0.257 e. The van der Waals surface area contributed by atoms with Crippen LogP contribution in [0.5, 0.6) is 5.75 Å². The maximum absolute atomic E-state index is 13.0. The van der Waals surface area contributed by atoms with E-state index in [1.807, 2.05) is 31.2 Å². The highest BCUT2D eigenvalue weighted by atomic mass is 16.5. The van der Waals surface area contributed by atoms with Gasteiger partial charge in [-0.3, -0.25) is 9.48 Å². The molecule has 2 heterocycles. The van der Waals surface area contributed by atoms with Crippen LogP contribution >= 0.6 is 0 Å². The monoisotopic (exact) mass is 343 g/mol. The number of likely N-dealkylation sites (tertiary alicyclic amines) is 1. The van der Waals surface area contributed by atoms with Crippen LogP contribution in [0.1, 0.15) is 41.4 Å². The number of rotatable bonds is 4. The average Bonchev–Trinajstić information content (AvgIpc) is 3.21. The van der Waals surface area contributed by atoms with Crippen LogP contribution in [-0.2, 0) is 12.6 Å². The summed E-state index contributed by atoms with van der Waals surface area (Å²) in [6.07, 6.45) is 3.39. The van der Waals surface area contributed by atoms with E-state index in [0.29, 0.717) is 17.8 Å². The van der Waals surface area contributed by atoms with E-state index in [9.17, 15) is 9.90 Å². The molecular formula is C19H25N3O3. The summed E-state index contributed by atoms with van der Waals surface area (Å²) in [6.45, 7) is 4.26. The summed E-state index contributed by atoms with van der Waals surface area (Å²) < 4.78 is 6.83. The molecule has 6 heteroatoms. The van der Waals surface area contributed by atoms with Crippen LogP contribution in [0.4, 0.5) is 0 Å². The van der Waals surface area contributed by atoms with E-state index in [2.05, 4.69) is 5.10 Å². The largest absolute Gasteiger partial charge is 0.497 e. The second-order valence-corrected chi connectivity index (χ2v) is 6.83. The number of aromatic nitrogens is 2. The van der Waals surface area contributed by atoms with E-state index in [0.717, 1.165) is 24.2 Å². The van der Waals surface area contributed by atoms with Crippen LogP contribution in [0.2, 0.25) is 0 Å². The van der Waals surface area contributed by atoms with Gasteiger partial charge in [-0.15, -0.1) is 0 Å². The maximum atomic E-state index is 13.0. The second-order valence-electron chi connectivity index (χ2n) is 6.83. The van der Waals surface area contributed by atoms with Crippen molar-refractivity contribution >= 4 is 5.91 Å². The van der Waals surface area contributed by atoms with Crippen LogP contribution in [0, 0.1) is 6.92 Å². The Hall–Kier alpha value is -2.34. The lowest BCUT2D eigenvalue weighted by atomic mass is 9.86. The lowest BCUT2D eigenvalue weighted by Crippen LogP contribution is -2.48. The third kappa shape index (κ3) is 3.14. The Kier molecular flexibility index (Phi) is 4.56. The number of carbonyl (C=O) groups is 1. The number of nitrogens with zero attached hydrogens (tertiary/aromatic N) is 3. The number of amides is 1. The van der Waals surface area contributed by atoms with Crippen LogP contribution in [0.3, 0.4) is 0 Å². The first kappa shape index (κ1) is 17.5. The van der Waals surface area contributed by atoms with Crippen LogP contribution in [0.15, 0.2) is 30.5 Å². The van der Waals surface area contributed by atoms with Gasteiger partial charge in [0, 0.05) is 19.8 Å². The van der Waals surface area contributed by atoms with E-state index < -0.39 is 5.60 Å². The van der Waals surface area contributed by atoms with Crippen LogP contribution in [0.25, 0.3) is 0 Å². The first-order chi connectivity index (χ1) is 11.8. The Morgan fingerprint density at radius 1 is 1.36 bits per heavy atom. The molecule has 6 nitrogen and oxygen atoms in total. The molecule has 0 saturated carbocycles. The first-order valence-corrected chi connectivity index (χ1v) is 8.52. The fourth-order valence-corrected chi connectivity index (χ4v) is 3.68. The molecular weight excluding hydrogens is 318 g/mol. The molecule has 1 fully saturated rings. The Labute approximate surface area is 148 Å². The zero-order valence-electron chi connectivity index (χ0n) is 15.2. The molecule has 134 valence electrons. The summed E-state index contributed by atoms with van der Waals surface area (Å²) in [4.78, 5) is 14.8. The summed E-state index contributed by atoms with van der Waals surface area (Å²) in [5.74, 6) is 0.673. The van der Waals surface area contributed by atoms with Gasteiger partial charge in [0.1, 0.15) is 11.4 Å². The topological polar surface area (TPSA) is 67.6 Å². The zero-order chi connectivity index (χ0) is 18.2. The Morgan fingerprint density at radius 3 is 2.60 bits per heavy atom. The molecule has 0 spiro atoms. The van der Waals surface area contributed by atoms with Gasteiger partial charge in [-0.25, -0.2) is 0 Å². The zero-order valence-corrected chi connectivity index (χ0v) is 15.2. The molecule has 0 bridgehead atoms. The van der Waals surface area contributed by atoms with Crippen molar-refractivity contribution < 1.29 is 14.6 Å². The molecule has 1 saturated heterocycles. The van der Waals surface area contributed by atoms with Crippen molar-refractivity contribution in [3.05, 3.63) is 47.3 Å². The molecule has 1 N–H and O–H groups in total. The lowest BCUT2D eigenvalue weighted by molar-refractivity contribution is -0.0177. The molecule has 0 radical (unpaired) electrons. The molecule has 2 unspecified atom stereocenters. The van der Waals surface area contributed by atoms with Gasteiger partial charge < -0.3 is 14.7 Å². The fourth-order valence-electron chi connectivity index (χ4n) is 3.68. The highest BCUT2D eigenvalue weighted by molar-refractivity contribution is 5.95. The highest BCUT2D eigenvalue weighted by Gasteiger charge is 2.43. The van der Waals surface area contributed by atoms with E-state index >= 15 is 0 Å². The molecule has 1 amide bonds. The number of aliphatic hydroxyl groups is 1. The van der Waals surface area contributed by atoms with Crippen molar-refractivity contribution in [2.24, 2.45) is 7.05 Å². The van der Waals surface area contributed by atoms with Gasteiger partial charge in [-0.1, -0.05) is 12.1 Å². The van der Waals surface area contributed by atoms with Gasteiger partial charge in [0.25, 0.3) is 5.91 Å². The van der Waals surface area contributed by atoms with E-state index in [1.54, 1.807) is 36.9 Å². The second kappa shape index (κ2) is 6.52. The van der Waals surface area contributed by atoms with Crippen molar-refractivity contribution in [1.29, 1.82) is 0 Å². The number of aryl methyl sites for hydroxylation is 2. The summed E-state index contributed by atoms with van der Waals surface area (Å²) in [7, 11) is 3.42. The number of carbonyl (C=O) groups excluding carboxylic acids is 1. The van der Waals surface area contributed by atoms with Gasteiger partial charge in [0.05, 0.1) is 24.4 Å². The Balaban J connectivity index is 1.89. The van der Waals surface area contributed by atoms with Crippen molar-refractivity contribution in [2.45, 2.75) is 38.3 Å². The molecule has 1 aliphatic rings. The maximum Gasteiger partial charge on any atom is 0.257 e. The summed E-state index contributed by atoms with van der Waals surface area (Å²) in [6, 6.07) is 7.10. The van der Waals surface area contributed by atoms with Crippen molar-refractivity contribution in [3.8, 4) is 5.75 Å². The number of benzene rings is 1. The Morgan fingerprint density at radius 2 is 2.04 bits per heavy atom. The minimum absolute atomic E-state index is 0.0677. The lowest BCUT2D eigenvalue weighted by Gasteiger charge is -2.37. The molecule has 3 rings (SSSR count). The predicted octanol–water partition coefficient (Wildman–Crippen LogP) is 2.25. The Bertz CT molecular complexity index is 765. The van der Waals surface area contributed by atoms with Gasteiger partial charge in [-0.05, 0) is 44.4 Å². The van der Waals surface area contributed by atoms with Crippen molar-refractivity contribution in [2.75, 3.05) is 13.7 Å². The molecule has 2 atom stereocenters. The number of hydrogen-bond donors (Lipinski definition) is 1. The van der Waals surface area contributed by atoms with Gasteiger partial charge in [-0.2, -0.15) is 5.10 Å². The molecule has 0 aliphatic carbocycles. The van der Waals surface area contributed by atoms with Gasteiger partial charge in [0.2, 0.25) is 0 Å². The van der Waals surface area contributed by atoms with Crippen molar-refractivity contribution in [3.63, 3.8) is 0 Å². The summed E-state index contributed by atoms with van der Waals surface area (Å²) in [5.41, 5.74) is 0.956. The number of methoxy groups -OCH3 is 1. The SMILES string of the molecule is COc1ccc(C(C)(O)C2CCCN2C(=O)c2cn(C)nc2C)cc1. The minimum Gasteiger partial charge on any atom is -0.497 e. The third-order valence-corrected chi connectivity index (χ3v) is 5.08. The molecule has 1 aliphatic heterocycles. The standard InChI is InChI=1S/C19H25N3O3/c1-13-16(12-21(3)20-13)18(23)22-11-5-6-17(22)19(2,24)14-7-9-15(25-4)10-8-14/h7-10,12,17,24H,5-6,11H2,1-4H3. The molecule has 25 heavy (non-hydrogen) atoms. The van der Waals surface area contributed by atoms with Crippen LogP contribution < -0.4 is 4.74 Å². The minimum atomic E-state index is -1.13. The molecule has 1 aromatic heterocycles. The fraction of sp³-hybridized carbons (Fsp3) is 0.474. The third-order valence-electron chi connectivity index (χ3n) is 5.08. The van der Waals surface area contributed by atoms with E-state index in [1.165, 1.54) is 0 Å². The first-order valence-electron chi connectivity index (χ1n) is 8.52.